The van der Waals surface area contributed by atoms with E-state index in [1.54, 1.807) is 17.0 Å². The maximum Gasteiger partial charge on any atom is 0.255 e. The van der Waals surface area contributed by atoms with Crippen LogP contribution in [0.25, 0.3) is 0 Å². The number of amides is 1. The Hall–Kier alpha value is -1.10. The van der Waals surface area contributed by atoms with Gasteiger partial charge in [0.2, 0.25) is 0 Å². The zero-order valence-electron chi connectivity index (χ0n) is 11.9. The van der Waals surface area contributed by atoms with Gasteiger partial charge in [0.1, 0.15) is 0 Å². The lowest BCUT2D eigenvalue weighted by Gasteiger charge is -2.46. The van der Waals surface area contributed by atoms with Crippen molar-refractivity contribution in [1.29, 1.82) is 0 Å². The molecular formula is C16H20ClNO3. The highest BCUT2D eigenvalue weighted by Gasteiger charge is 2.44. The monoisotopic (exact) mass is 309 g/mol. The molecule has 1 spiro atoms. The first kappa shape index (κ1) is 14.8. The molecule has 0 unspecified atom stereocenters. The summed E-state index contributed by atoms with van der Waals surface area (Å²) in [6.07, 6.45) is 2.65. The first-order valence-corrected chi connectivity index (χ1v) is 7.86. The maximum atomic E-state index is 12.5. The van der Waals surface area contributed by atoms with Gasteiger partial charge in [-0.1, -0.05) is 23.7 Å². The lowest BCUT2D eigenvalue weighted by atomic mass is 9.82. The highest BCUT2D eigenvalue weighted by atomic mass is 35.5. The van der Waals surface area contributed by atoms with Gasteiger partial charge in [0.25, 0.3) is 5.91 Å². The summed E-state index contributed by atoms with van der Waals surface area (Å²) >= 11 is 6.09. The fourth-order valence-corrected chi connectivity index (χ4v) is 3.50. The van der Waals surface area contributed by atoms with Crippen molar-refractivity contribution in [2.24, 2.45) is 0 Å². The van der Waals surface area contributed by atoms with Crippen LogP contribution in [0.15, 0.2) is 24.3 Å². The van der Waals surface area contributed by atoms with Crippen LogP contribution in [0.1, 0.15) is 36.0 Å². The quantitative estimate of drug-likeness (QED) is 0.867. The van der Waals surface area contributed by atoms with Gasteiger partial charge in [-0.3, -0.25) is 4.79 Å². The van der Waals surface area contributed by atoms with E-state index >= 15 is 0 Å². The smallest absolute Gasteiger partial charge is 0.255 e. The number of likely N-dealkylation sites (tertiary alicyclic amines) is 1. The number of carbonyl (C=O) groups is 1. The minimum absolute atomic E-state index is 0.0410. The highest BCUT2D eigenvalue weighted by molar-refractivity contribution is 6.33. The molecule has 0 aliphatic carbocycles. The molecule has 3 rings (SSSR count). The van der Waals surface area contributed by atoms with Gasteiger partial charge in [0.05, 0.1) is 22.3 Å². The van der Waals surface area contributed by atoms with Crippen LogP contribution in [-0.2, 0) is 4.74 Å². The maximum absolute atomic E-state index is 12.5. The van der Waals surface area contributed by atoms with Gasteiger partial charge in [0.15, 0.2) is 0 Å². The van der Waals surface area contributed by atoms with Crippen LogP contribution in [0.5, 0.6) is 0 Å². The van der Waals surface area contributed by atoms with E-state index < -0.39 is 11.7 Å². The van der Waals surface area contributed by atoms with Gasteiger partial charge in [-0.15, -0.1) is 0 Å². The lowest BCUT2D eigenvalue weighted by Crippen LogP contribution is -2.56. The summed E-state index contributed by atoms with van der Waals surface area (Å²) in [5.74, 6) is -0.0410. The third kappa shape index (κ3) is 2.80. The summed E-state index contributed by atoms with van der Waals surface area (Å²) in [7, 11) is 0. The van der Waals surface area contributed by atoms with Gasteiger partial charge < -0.3 is 14.7 Å². The number of nitrogens with zero attached hydrogens (tertiary/aromatic N) is 1. The molecule has 1 aromatic carbocycles. The van der Waals surface area contributed by atoms with E-state index in [1.165, 1.54) is 0 Å². The van der Waals surface area contributed by atoms with Crippen molar-refractivity contribution in [3.8, 4) is 0 Å². The number of hydrogen-bond acceptors (Lipinski definition) is 3. The average molecular weight is 310 g/mol. The van der Waals surface area contributed by atoms with E-state index in [0.717, 1.165) is 12.8 Å². The molecule has 1 aromatic rings. The van der Waals surface area contributed by atoms with Crippen LogP contribution >= 0.6 is 11.6 Å². The lowest BCUT2D eigenvalue weighted by molar-refractivity contribution is -0.174. The highest BCUT2D eigenvalue weighted by Crippen LogP contribution is 2.35. The van der Waals surface area contributed by atoms with E-state index in [-0.39, 0.29) is 5.91 Å². The Labute approximate surface area is 129 Å². The molecule has 0 aromatic heterocycles. The zero-order valence-corrected chi connectivity index (χ0v) is 12.7. The van der Waals surface area contributed by atoms with Crippen molar-refractivity contribution in [2.45, 2.75) is 37.4 Å². The Morgan fingerprint density at radius 2 is 2.05 bits per heavy atom. The largest absolute Gasteiger partial charge is 0.390 e. The number of halogens is 1. The molecule has 114 valence electrons. The predicted molar refractivity (Wildman–Crippen MR) is 80.5 cm³/mol. The minimum Gasteiger partial charge on any atom is -0.390 e. The summed E-state index contributed by atoms with van der Waals surface area (Å²) in [5, 5.41) is 10.7. The van der Waals surface area contributed by atoms with Crippen LogP contribution in [0, 0.1) is 0 Å². The SMILES string of the molecule is O=C(c1ccccc1Cl)N1CCC2(CC1)OCCC[C@@H]2O. The molecule has 0 radical (unpaired) electrons. The molecule has 2 heterocycles. The molecule has 2 aliphatic heterocycles. The molecule has 2 fully saturated rings. The topological polar surface area (TPSA) is 49.8 Å². The Balaban J connectivity index is 1.68. The van der Waals surface area contributed by atoms with E-state index in [4.69, 9.17) is 16.3 Å². The fourth-order valence-electron chi connectivity index (χ4n) is 3.28. The molecular weight excluding hydrogens is 290 g/mol. The number of aliphatic hydroxyl groups is 1. The third-order valence-electron chi connectivity index (χ3n) is 4.62. The van der Waals surface area contributed by atoms with Crippen molar-refractivity contribution < 1.29 is 14.6 Å². The number of ether oxygens (including phenoxy) is 1. The normalized spacial score (nSPS) is 25.0. The van der Waals surface area contributed by atoms with Crippen molar-refractivity contribution in [3.05, 3.63) is 34.9 Å². The Kier molecular flexibility index (Phi) is 4.20. The zero-order chi connectivity index (χ0) is 14.9. The number of benzene rings is 1. The summed E-state index contributed by atoms with van der Waals surface area (Å²) in [5.41, 5.74) is 0.0930. The van der Waals surface area contributed by atoms with E-state index in [2.05, 4.69) is 0 Å². The van der Waals surface area contributed by atoms with Crippen molar-refractivity contribution in [1.82, 2.24) is 4.90 Å². The fraction of sp³-hybridized carbons (Fsp3) is 0.562. The summed E-state index contributed by atoms with van der Waals surface area (Å²) in [6.45, 7) is 1.90. The molecule has 1 atom stereocenters. The molecule has 2 aliphatic rings. The summed E-state index contributed by atoms with van der Waals surface area (Å²) < 4.78 is 5.86. The number of hydrogen-bond donors (Lipinski definition) is 1. The number of piperidine rings is 1. The van der Waals surface area contributed by atoms with Crippen LogP contribution in [0.3, 0.4) is 0 Å². The molecule has 1 N–H and O–H groups in total. The van der Waals surface area contributed by atoms with Crippen molar-refractivity contribution in [3.63, 3.8) is 0 Å². The molecule has 0 bridgehead atoms. The van der Waals surface area contributed by atoms with E-state index in [1.807, 2.05) is 12.1 Å². The minimum atomic E-state index is -0.449. The Bertz CT molecular complexity index is 526. The first-order valence-electron chi connectivity index (χ1n) is 7.48. The first-order chi connectivity index (χ1) is 10.1. The van der Waals surface area contributed by atoms with Crippen molar-refractivity contribution >= 4 is 17.5 Å². The van der Waals surface area contributed by atoms with Gasteiger partial charge in [-0.2, -0.15) is 0 Å². The number of aliphatic hydroxyl groups excluding tert-OH is 1. The van der Waals surface area contributed by atoms with E-state index in [9.17, 15) is 9.90 Å². The second kappa shape index (κ2) is 5.95. The molecule has 5 heteroatoms. The van der Waals surface area contributed by atoms with Crippen LogP contribution in [-0.4, -0.2) is 47.3 Å². The predicted octanol–water partition coefficient (Wildman–Crippen LogP) is 2.49. The second-order valence-corrected chi connectivity index (χ2v) is 6.25. The molecule has 0 saturated carbocycles. The van der Waals surface area contributed by atoms with Crippen LogP contribution in [0.4, 0.5) is 0 Å². The van der Waals surface area contributed by atoms with Crippen molar-refractivity contribution in [2.75, 3.05) is 19.7 Å². The average Bonchev–Trinajstić information content (AvgIpc) is 2.51. The van der Waals surface area contributed by atoms with Crippen LogP contribution < -0.4 is 0 Å². The molecule has 1 amide bonds. The second-order valence-electron chi connectivity index (χ2n) is 5.84. The van der Waals surface area contributed by atoms with Crippen LogP contribution in [0.2, 0.25) is 5.02 Å². The number of carbonyl (C=O) groups excluding carboxylic acids is 1. The number of rotatable bonds is 1. The summed E-state index contributed by atoms with van der Waals surface area (Å²) in [6, 6.07) is 7.12. The molecule has 21 heavy (non-hydrogen) atoms. The Morgan fingerprint density at radius 3 is 2.71 bits per heavy atom. The third-order valence-corrected chi connectivity index (χ3v) is 4.95. The van der Waals surface area contributed by atoms with Gasteiger partial charge in [-0.05, 0) is 37.8 Å². The standard InChI is InChI=1S/C16H20ClNO3/c17-13-5-2-1-4-12(13)15(20)18-9-7-16(8-10-18)14(19)6-3-11-21-16/h1-2,4-5,14,19H,3,6-11H2/t14-/m0/s1. The van der Waals surface area contributed by atoms with Gasteiger partial charge in [-0.25, -0.2) is 0 Å². The molecule has 2 saturated heterocycles. The van der Waals surface area contributed by atoms with Gasteiger partial charge in [0, 0.05) is 19.7 Å². The Morgan fingerprint density at radius 1 is 1.33 bits per heavy atom. The van der Waals surface area contributed by atoms with Gasteiger partial charge >= 0.3 is 0 Å². The summed E-state index contributed by atoms with van der Waals surface area (Å²) in [4.78, 5) is 14.3. The van der Waals surface area contributed by atoms with E-state index in [0.29, 0.717) is 43.1 Å². The molecule has 4 nitrogen and oxygen atoms in total.